The van der Waals surface area contributed by atoms with Crippen molar-refractivity contribution >= 4 is 0 Å². The SMILES string of the molecule is CCc1cccnc1-c1nc(CC)c(CCN)c(CC)n1. The second-order valence-corrected chi connectivity index (χ2v) is 5.03. The van der Waals surface area contributed by atoms with Crippen LogP contribution in [0.4, 0.5) is 0 Å². The summed E-state index contributed by atoms with van der Waals surface area (Å²) in [7, 11) is 0. The van der Waals surface area contributed by atoms with Gasteiger partial charge in [0.15, 0.2) is 5.82 Å². The molecule has 0 unspecified atom stereocenters. The summed E-state index contributed by atoms with van der Waals surface area (Å²) in [6, 6.07) is 4.06. The monoisotopic (exact) mass is 284 g/mol. The van der Waals surface area contributed by atoms with Crippen molar-refractivity contribution in [3.05, 3.63) is 40.8 Å². The minimum Gasteiger partial charge on any atom is -0.330 e. The minimum atomic E-state index is 0.631. The zero-order chi connectivity index (χ0) is 15.2. The van der Waals surface area contributed by atoms with Gasteiger partial charge in [-0.2, -0.15) is 0 Å². The van der Waals surface area contributed by atoms with Gasteiger partial charge in [0, 0.05) is 17.6 Å². The molecule has 0 radical (unpaired) electrons. The van der Waals surface area contributed by atoms with Crippen LogP contribution in [0.3, 0.4) is 0 Å². The molecule has 21 heavy (non-hydrogen) atoms. The summed E-state index contributed by atoms with van der Waals surface area (Å²) in [6.07, 6.45) is 5.37. The Kier molecular flexibility index (Phi) is 5.39. The van der Waals surface area contributed by atoms with E-state index >= 15 is 0 Å². The molecule has 0 aromatic carbocycles. The highest BCUT2D eigenvalue weighted by Gasteiger charge is 2.15. The molecule has 2 aromatic heterocycles. The van der Waals surface area contributed by atoms with Crippen LogP contribution in [0.2, 0.25) is 0 Å². The Balaban J connectivity index is 2.60. The van der Waals surface area contributed by atoms with Crippen molar-refractivity contribution in [2.75, 3.05) is 6.54 Å². The maximum Gasteiger partial charge on any atom is 0.178 e. The summed E-state index contributed by atoms with van der Waals surface area (Å²) in [4.78, 5) is 14.0. The molecule has 0 fully saturated rings. The lowest BCUT2D eigenvalue weighted by Crippen LogP contribution is -2.12. The molecule has 4 nitrogen and oxygen atoms in total. The fourth-order valence-corrected chi connectivity index (χ4v) is 2.63. The number of hydrogen-bond acceptors (Lipinski definition) is 4. The number of nitrogens with two attached hydrogens (primary N) is 1. The van der Waals surface area contributed by atoms with Gasteiger partial charge < -0.3 is 5.73 Å². The molecular weight excluding hydrogens is 260 g/mol. The first kappa shape index (κ1) is 15.6. The lowest BCUT2D eigenvalue weighted by Gasteiger charge is -2.14. The predicted molar refractivity (Wildman–Crippen MR) is 86.2 cm³/mol. The van der Waals surface area contributed by atoms with Gasteiger partial charge in [-0.05, 0) is 49.4 Å². The van der Waals surface area contributed by atoms with E-state index in [1.165, 1.54) is 11.1 Å². The third-order valence-corrected chi connectivity index (χ3v) is 3.73. The summed E-state index contributed by atoms with van der Waals surface area (Å²) in [6.45, 7) is 7.02. The van der Waals surface area contributed by atoms with Crippen LogP contribution in [-0.4, -0.2) is 21.5 Å². The average molecular weight is 284 g/mol. The molecule has 0 saturated carbocycles. The molecule has 0 amide bonds. The molecule has 0 aliphatic heterocycles. The van der Waals surface area contributed by atoms with Gasteiger partial charge in [0.05, 0.1) is 0 Å². The standard InChI is InChI=1S/C17H24N4/c1-4-12-8-7-11-19-16(12)17-20-14(5-2)13(9-10-18)15(6-3)21-17/h7-8,11H,4-6,9-10,18H2,1-3H3. The number of aryl methyl sites for hydroxylation is 3. The molecule has 0 aliphatic carbocycles. The van der Waals surface area contributed by atoms with Gasteiger partial charge in [0.1, 0.15) is 5.69 Å². The van der Waals surface area contributed by atoms with E-state index in [4.69, 9.17) is 15.7 Å². The van der Waals surface area contributed by atoms with Crippen molar-refractivity contribution in [2.24, 2.45) is 5.73 Å². The number of nitrogens with zero attached hydrogens (tertiary/aromatic N) is 3. The number of hydrogen-bond donors (Lipinski definition) is 1. The maximum atomic E-state index is 5.73. The van der Waals surface area contributed by atoms with Gasteiger partial charge in [0.25, 0.3) is 0 Å². The fourth-order valence-electron chi connectivity index (χ4n) is 2.63. The molecule has 2 aromatic rings. The molecular formula is C17H24N4. The smallest absolute Gasteiger partial charge is 0.178 e. The molecule has 0 aliphatic rings. The molecule has 0 atom stereocenters. The Morgan fingerprint density at radius 2 is 1.67 bits per heavy atom. The first-order chi connectivity index (χ1) is 10.2. The van der Waals surface area contributed by atoms with E-state index in [0.717, 1.165) is 48.6 Å². The lowest BCUT2D eigenvalue weighted by molar-refractivity contribution is 0.841. The molecule has 2 N–H and O–H groups in total. The second kappa shape index (κ2) is 7.27. The van der Waals surface area contributed by atoms with Gasteiger partial charge in [-0.15, -0.1) is 0 Å². The van der Waals surface area contributed by atoms with Crippen molar-refractivity contribution in [1.29, 1.82) is 0 Å². The average Bonchev–Trinajstić information content (AvgIpc) is 2.55. The van der Waals surface area contributed by atoms with Gasteiger partial charge in [-0.1, -0.05) is 26.8 Å². The first-order valence-electron chi connectivity index (χ1n) is 7.78. The van der Waals surface area contributed by atoms with E-state index in [0.29, 0.717) is 6.54 Å². The van der Waals surface area contributed by atoms with Crippen LogP contribution >= 0.6 is 0 Å². The van der Waals surface area contributed by atoms with Crippen LogP contribution < -0.4 is 5.73 Å². The summed E-state index contributed by atoms with van der Waals surface area (Å²) in [5, 5.41) is 0. The van der Waals surface area contributed by atoms with Crippen LogP contribution in [0.15, 0.2) is 18.3 Å². The highest BCUT2D eigenvalue weighted by Crippen LogP contribution is 2.22. The molecule has 0 spiro atoms. The largest absolute Gasteiger partial charge is 0.330 e. The van der Waals surface area contributed by atoms with Gasteiger partial charge in [-0.25, -0.2) is 9.97 Å². The first-order valence-corrected chi connectivity index (χ1v) is 7.78. The predicted octanol–water partition coefficient (Wildman–Crippen LogP) is 2.73. The molecule has 2 rings (SSSR count). The number of rotatable bonds is 6. The van der Waals surface area contributed by atoms with E-state index in [1.54, 1.807) is 0 Å². The van der Waals surface area contributed by atoms with E-state index in [1.807, 2.05) is 12.3 Å². The zero-order valence-corrected chi connectivity index (χ0v) is 13.2. The Bertz CT molecular complexity index is 582. The van der Waals surface area contributed by atoms with Crippen molar-refractivity contribution < 1.29 is 0 Å². The highest BCUT2D eigenvalue weighted by molar-refractivity contribution is 5.55. The Morgan fingerprint density at radius 3 is 2.19 bits per heavy atom. The van der Waals surface area contributed by atoms with Gasteiger partial charge in [-0.3, -0.25) is 4.98 Å². The second-order valence-electron chi connectivity index (χ2n) is 5.03. The molecule has 0 saturated heterocycles. The maximum absolute atomic E-state index is 5.73. The van der Waals surface area contributed by atoms with Crippen molar-refractivity contribution in [2.45, 2.75) is 46.5 Å². The van der Waals surface area contributed by atoms with E-state index in [2.05, 4.69) is 31.8 Å². The normalized spacial score (nSPS) is 10.9. The van der Waals surface area contributed by atoms with Crippen molar-refractivity contribution in [3.8, 4) is 11.5 Å². The van der Waals surface area contributed by atoms with Crippen LogP contribution in [0.25, 0.3) is 11.5 Å². The van der Waals surface area contributed by atoms with Gasteiger partial charge in [0.2, 0.25) is 0 Å². The van der Waals surface area contributed by atoms with Crippen LogP contribution in [0, 0.1) is 0 Å². The molecule has 2 heterocycles. The topological polar surface area (TPSA) is 64.7 Å². The highest BCUT2D eigenvalue weighted by atomic mass is 14.9. The van der Waals surface area contributed by atoms with Crippen LogP contribution in [0.5, 0.6) is 0 Å². The lowest BCUT2D eigenvalue weighted by atomic mass is 10.0. The number of aromatic nitrogens is 3. The number of pyridine rings is 1. The minimum absolute atomic E-state index is 0.631. The Labute approximate surface area is 126 Å². The fraction of sp³-hybridized carbons (Fsp3) is 0.471. The quantitative estimate of drug-likeness (QED) is 0.886. The van der Waals surface area contributed by atoms with E-state index in [9.17, 15) is 0 Å². The van der Waals surface area contributed by atoms with Gasteiger partial charge >= 0.3 is 0 Å². The third kappa shape index (κ3) is 3.27. The summed E-state index contributed by atoms with van der Waals surface area (Å²) in [5.41, 5.74) is 11.3. The molecule has 112 valence electrons. The van der Waals surface area contributed by atoms with Crippen LogP contribution in [0.1, 0.15) is 43.3 Å². The zero-order valence-electron chi connectivity index (χ0n) is 13.2. The van der Waals surface area contributed by atoms with E-state index < -0.39 is 0 Å². The van der Waals surface area contributed by atoms with Crippen molar-refractivity contribution in [1.82, 2.24) is 15.0 Å². The summed E-state index contributed by atoms with van der Waals surface area (Å²) in [5.74, 6) is 0.752. The summed E-state index contributed by atoms with van der Waals surface area (Å²) < 4.78 is 0. The Morgan fingerprint density at radius 1 is 1.00 bits per heavy atom. The summed E-state index contributed by atoms with van der Waals surface area (Å²) >= 11 is 0. The Hall–Kier alpha value is -1.81. The van der Waals surface area contributed by atoms with E-state index in [-0.39, 0.29) is 0 Å². The third-order valence-electron chi connectivity index (χ3n) is 3.73. The molecule has 0 bridgehead atoms. The van der Waals surface area contributed by atoms with Crippen molar-refractivity contribution in [3.63, 3.8) is 0 Å². The molecule has 4 heteroatoms. The van der Waals surface area contributed by atoms with Crippen LogP contribution in [-0.2, 0) is 25.7 Å².